The largest absolute Gasteiger partial charge is 0.414 e. The molecule has 7 aliphatic rings. The Morgan fingerprint density at radius 1 is 1.02 bits per heavy atom. The molecule has 3 spiro atoms. The van der Waals surface area contributed by atoms with E-state index in [-0.39, 0.29) is 58.3 Å². The molecule has 0 amide bonds. The van der Waals surface area contributed by atoms with E-state index in [1.807, 2.05) is 9.36 Å². The average molecular weight is 672 g/mol. The quantitative estimate of drug-likeness (QED) is 0.132. The molecular formula is C37H61N3O6Si. The van der Waals surface area contributed by atoms with Crippen LogP contribution in [-0.2, 0) is 29.7 Å². The number of rotatable bonds is 10. The number of H-pyrrole nitrogens is 1. The normalized spacial score (nSPS) is 42.8. The number of epoxide rings is 1. The van der Waals surface area contributed by atoms with Gasteiger partial charge in [-0.05, 0) is 92.2 Å². The van der Waals surface area contributed by atoms with Gasteiger partial charge in [-0.3, -0.25) is 4.98 Å². The van der Waals surface area contributed by atoms with Crippen molar-refractivity contribution in [1.82, 2.24) is 14.3 Å². The second kappa shape index (κ2) is 10.5. The highest BCUT2D eigenvalue weighted by Crippen LogP contribution is 2.82. The molecule has 2 bridgehead atoms. The number of nitrogens with zero attached hydrogens (tertiary/aromatic N) is 2. The molecule has 0 radical (unpaired) electrons. The third kappa shape index (κ3) is 4.14. The monoisotopic (exact) mass is 671 g/mol. The van der Waals surface area contributed by atoms with E-state index >= 15 is 0 Å². The van der Waals surface area contributed by atoms with Crippen LogP contribution in [0.25, 0.3) is 0 Å². The lowest BCUT2D eigenvalue weighted by molar-refractivity contribution is -0.206. The number of aromatic nitrogens is 3. The van der Waals surface area contributed by atoms with Crippen LogP contribution in [0.4, 0.5) is 0 Å². The Bertz CT molecular complexity index is 1560. The number of allylic oxidation sites excluding steroid dienone is 1. The van der Waals surface area contributed by atoms with Crippen LogP contribution in [0.15, 0.2) is 21.7 Å². The van der Waals surface area contributed by atoms with Crippen molar-refractivity contribution in [2.75, 3.05) is 13.9 Å². The van der Waals surface area contributed by atoms with Gasteiger partial charge in [-0.2, -0.15) is 0 Å². The van der Waals surface area contributed by atoms with Crippen molar-refractivity contribution in [3.05, 3.63) is 33.1 Å². The molecule has 1 aromatic heterocycles. The average Bonchev–Trinajstić information content (AvgIpc) is 3.48. The van der Waals surface area contributed by atoms with Crippen molar-refractivity contribution in [3.8, 4) is 0 Å². The summed E-state index contributed by atoms with van der Waals surface area (Å²) in [7, 11) is -0.373. The number of methoxy groups -OCH3 is 1. The van der Waals surface area contributed by atoms with Gasteiger partial charge in [0.1, 0.15) is 17.9 Å². The number of fused-ring (bicyclic) bond motifs is 1. The topological polar surface area (TPSA) is 100 Å². The van der Waals surface area contributed by atoms with E-state index in [0.717, 1.165) is 44.9 Å². The molecule has 3 saturated carbocycles. The van der Waals surface area contributed by atoms with Crippen LogP contribution in [-0.4, -0.2) is 60.5 Å². The van der Waals surface area contributed by atoms with Gasteiger partial charge in [0, 0.05) is 25.0 Å². The molecule has 0 unspecified atom stereocenters. The Kier molecular flexibility index (Phi) is 7.62. The van der Waals surface area contributed by atoms with Gasteiger partial charge in [0.2, 0.25) is 0 Å². The highest BCUT2D eigenvalue weighted by atomic mass is 28.4. The van der Waals surface area contributed by atoms with Gasteiger partial charge in [-0.1, -0.05) is 67.5 Å². The van der Waals surface area contributed by atoms with Crippen LogP contribution in [0.3, 0.4) is 0 Å². The summed E-state index contributed by atoms with van der Waals surface area (Å²) in [5.41, 5.74) is -3.04. The fourth-order valence-corrected chi connectivity index (χ4v) is 13.4. The number of aromatic amines is 1. The Labute approximate surface area is 282 Å². The lowest BCUT2D eigenvalue weighted by Gasteiger charge is -2.70. The SMILES string of the molecule is COCO[C@H]1CC[C@]2(C)[C@@]34O[C@@H]3C[C@]3(C)[C@@H]([C@H](C)[C@@H](CCC(C)C)O[Si](C)(C)C(C)(C)C)CC[C@H]3[C@@]43C=C[C@]2(C1)n1c(=O)[nH]c(=O)n13. The van der Waals surface area contributed by atoms with Gasteiger partial charge in [-0.25, -0.2) is 19.0 Å². The molecule has 264 valence electrons. The Morgan fingerprint density at radius 2 is 1.72 bits per heavy atom. The van der Waals surface area contributed by atoms with Crippen molar-refractivity contribution in [1.29, 1.82) is 0 Å². The third-order valence-electron chi connectivity index (χ3n) is 15.2. The first-order chi connectivity index (χ1) is 21.9. The first-order valence-electron chi connectivity index (χ1n) is 18.5. The molecular weight excluding hydrogens is 611 g/mol. The minimum absolute atomic E-state index is 0.0309. The molecule has 0 aromatic carbocycles. The minimum atomic E-state index is -2.01. The van der Waals surface area contributed by atoms with E-state index in [9.17, 15) is 9.59 Å². The summed E-state index contributed by atoms with van der Waals surface area (Å²) in [6.07, 6.45) is 12.4. The molecule has 1 N–H and O–H groups in total. The maximum Gasteiger partial charge on any atom is 0.345 e. The van der Waals surface area contributed by atoms with Crippen molar-refractivity contribution in [2.45, 2.75) is 160 Å². The number of hydrogen-bond donors (Lipinski definition) is 1. The predicted octanol–water partition coefficient (Wildman–Crippen LogP) is 6.53. The van der Waals surface area contributed by atoms with Gasteiger partial charge in [0.25, 0.3) is 0 Å². The zero-order chi connectivity index (χ0) is 34.2. The fraction of sp³-hybridized carbons (Fsp3) is 0.892. The van der Waals surface area contributed by atoms with Crippen LogP contribution >= 0.6 is 0 Å². The molecule has 4 heterocycles. The summed E-state index contributed by atoms with van der Waals surface area (Å²) in [5, 5.41) is 0.139. The van der Waals surface area contributed by atoms with Crippen LogP contribution in [0.1, 0.15) is 107 Å². The molecule has 8 rings (SSSR count). The molecule has 10 heteroatoms. The van der Waals surface area contributed by atoms with E-state index in [1.165, 1.54) is 0 Å². The smallest absolute Gasteiger partial charge is 0.345 e. The van der Waals surface area contributed by atoms with Crippen LogP contribution in [0.5, 0.6) is 0 Å². The zero-order valence-electron chi connectivity index (χ0n) is 30.9. The predicted molar refractivity (Wildman–Crippen MR) is 185 cm³/mol. The molecule has 3 aliphatic heterocycles. The van der Waals surface area contributed by atoms with Crippen LogP contribution in [0.2, 0.25) is 18.1 Å². The Balaban J connectivity index is 1.32. The zero-order valence-corrected chi connectivity index (χ0v) is 31.9. The number of hydrogen-bond acceptors (Lipinski definition) is 6. The molecule has 1 saturated heterocycles. The van der Waals surface area contributed by atoms with E-state index in [1.54, 1.807) is 7.11 Å². The van der Waals surface area contributed by atoms with Crippen LogP contribution in [0, 0.1) is 34.5 Å². The molecule has 11 atom stereocenters. The Morgan fingerprint density at radius 3 is 2.38 bits per heavy atom. The first-order valence-corrected chi connectivity index (χ1v) is 21.4. The minimum Gasteiger partial charge on any atom is -0.414 e. The molecule has 9 nitrogen and oxygen atoms in total. The maximum atomic E-state index is 14.1. The fourth-order valence-electron chi connectivity index (χ4n) is 11.9. The molecule has 4 aliphatic carbocycles. The van der Waals surface area contributed by atoms with Gasteiger partial charge in [-0.15, -0.1) is 0 Å². The van der Waals surface area contributed by atoms with Crippen molar-refractivity contribution in [2.24, 2.45) is 34.5 Å². The second-order valence-corrected chi connectivity index (χ2v) is 23.5. The standard InChI is InChI=1S/C37H61N3O6Si/c1-23(2)12-14-27(46-47(10,11)32(4,5)6)24(3)26-13-15-28-33(26,7)21-29-37(45-29)34(8)17-16-25(44-22-43-9)20-35(34)18-19-36(28,37)40-31(42)38-30(41)39(35)40/h18-19,23-29H,12-17,20-22H2,1-11H3,(H,38,41,42)/t24-,25-,26+,27+,28+,29+,33+,34-,35+,36-,37-/m0/s1. The highest BCUT2D eigenvalue weighted by molar-refractivity contribution is 6.74. The summed E-state index contributed by atoms with van der Waals surface area (Å²) in [6, 6.07) is 0. The van der Waals surface area contributed by atoms with Gasteiger partial charge in [0.05, 0.1) is 17.7 Å². The number of ether oxygens (including phenoxy) is 3. The molecule has 47 heavy (non-hydrogen) atoms. The first kappa shape index (κ1) is 34.0. The summed E-state index contributed by atoms with van der Waals surface area (Å²) in [5.74, 6) is 1.57. The van der Waals surface area contributed by atoms with Gasteiger partial charge in [0.15, 0.2) is 8.32 Å². The van der Waals surface area contributed by atoms with Crippen molar-refractivity contribution >= 4 is 8.32 Å². The molecule has 1 aromatic rings. The van der Waals surface area contributed by atoms with Gasteiger partial charge >= 0.3 is 11.4 Å². The third-order valence-corrected chi connectivity index (χ3v) is 19.7. The summed E-state index contributed by atoms with van der Waals surface area (Å²) in [4.78, 5) is 30.7. The Hall–Kier alpha value is -1.46. The van der Waals surface area contributed by atoms with Crippen molar-refractivity contribution < 1.29 is 18.6 Å². The molecule has 4 fully saturated rings. The lowest BCUT2D eigenvalue weighted by atomic mass is 9.40. The van der Waals surface area contributed by atoms with Crippen LogP contribution < -0.4 is 11.4 Å². The maximum absolute atomic E-state index is 14.1. The van der Waals surface area contributed by atoms with Crippen molar-refractivity contribution in [3.63, 3.8) is 0 Å². The summed E-state index contributed by atoms with van der Waals surface area (Å²) in [6.45, 7) is 23.9. The van der Waals surface area contributed by atoms with E-state index in [4.69, 9.17) is 18.6 Å². The van der Waals surface area contributed by atoms with Gasteiger partial charge < -0.3 is 18.6 Å². The highest BCUT2D eigenvalue weighted by Gasteiger charge is 2.91. The van der Waals surface area contributed by atoms with E-state index in [2.05, 4.69) is 85.6 Å². The van der Waals surface area contributed by atoms with E-state index in [0.29, 0.717) is 24.2 Å². The van der Waals surface area contributed by atoms with E-state index < -0.39 is 25.0 Å². The summed E-state index contributed by atoms with van der Waals surface area (Å²) < 4.78 is 29.6. The second-order valence-electron chi connectivity index (χ2n) is 18.7. The number of nitrogens with one attached hydrogen (secondary N) is 1. The summed E-state index contributed by atoms with van der Waals surface area (Å²) >= 11 is 0. The lowest BCUT2D eigenvalue weighted by Crippen LogP contribution is -2.81.